The lowest BCUT2D eigenvalue weighted by Crippen LogP contribution is -2.36. The molecule has 4 nitrogen and oxygen atoms in total. The molecule has 4 heteroatoms. The van der Waals surface area contributed by atoms with Gasteiger partial charge in [-0.05, 0) is 39.0 Å². The van der Waals surface area contributed by atoms with Crippen molar-refractivity contribution in [1.29, 1.82) is 0 Å². The standard InChI is InChI=1S/C19H23NO3/c1-4-22-18-8-6-5-7-16(18)13-20-19(21)15(3)23-17-11-9-14(2)10-12-17/h5-12,15H,4,13H2,1-3H3,(H,20,21). The van der Waals surface area contributed by atoms with E-state index in [0.717, 1.165) is 16.9 Å². The lowest BCUT2D eigenvalue weighted by Gasteiger charge is -2.16. The monoisotopic (exact) mass is 313 g/mol. The van der Waals surface area contributed by atoms with Crippen molar-refractivity contribution in [3.8, 4) is 11.5 Å². The van der Waals surface area contributed by atoms with E-state index in [-0.39, 0.29) is 5.91 Å². The highest BCUT2D eigenvalue weighted by Crippen LogP contribution is 2.18. The summed E-state index contributed by atoms with van der Waals surface area (Å²) in [5, 5.41) is 2.89. The molecule has 1 atom stereocenters. The van der Waals surface area contributed by atoms with Crippen LogP contribution in [-0.4, -0.2) is 18.6 Å². The zero-order chi connectivity index (χ0) is 16.7. The summed E-state index contributed by atoms with van der Waals surface area (Å²) in [5.41, 5.74) is 2.10. The number of ether oxygens (including phenoxy) is 2. The molecule has 23 heavy (non-hydrogen) atoms. The van der Waals surface area contributed by atoms with Crippen LogP contribution in [0, 0.1) is 6.92 Å². The fourth-order valence-corrected chi connectivity index (χ4v) is 2.15. The normalized spacial score (nSPS) is 11.6. The molecule has 0 aromatic heterocycles. The van der Waals surface area contributed by atoms with Crippen molar-refractivity contribution in [1.82, 2.24) is 5.32 Å². The van der Waals surface area contributed by atoms with Crippen molar-refractivity contribution in [3.63, 3.8) is 0 Å². The Balaban J connectivity index is 1.90. The van der Waals surface area contributed by atoms with Gasteiger partial charge in [0.05, 0.1) is 6.61 Å². The van der Waals surface area contributed by atoms with Gasteiger partial charge in [0, 0.05) is 12.1 Å². The third-order valence-corrected chi connectivity index (χ3v) is 3.43. The van der Waals surface area contributed by atoms with Gasteiger partial charge in [-0.25, -0.2) is 0 Å². The van der Waals surface area contributed by atoms with Gasteiger partial charge in [0.1, 0.15) is 11.5 Å². The number of carbonyl (C=O) groups excluding carboxylic acids is 1. The minimum atomic E-state index is -0.558. The Kier molecular flexibility index (Phi) is 6.03. The van der Waals surface area contributed by atoms with Crippen LogP contribution >= 0.6 is 0 Å². The molecule has 0 saturated carbocycles. The van der Waals surface area contributed by atoms with E-state index in [9.17, 15) is 4.79 Å². The molecule has 0 heterocycles. The van der Waals surface area contributed by atoms with Crippen LogP contribution < -0.4 is 14.8 Å². The van der Waals surface area contributed by atoms with E-state index in [1.165, 1.54) is 0 Å². The van der Waals surface area contributed by atoms with Gasteiger partial charge in [-0.15, -0.1) is 0 Å². The summed E-state index contributed by atoms with van der Waals surface area (Å²) in [4.78, 5) is 12.2. The number of amides is 1. The van der Waals surface area contributed by atoms with Gasteiger partial charge in [0.25, 0.3) is 5.91 Å². The maximum absolute atomic E-state index is 12.2. The second-order valence-corrected chi connectivity index (χ2v) is 5.33. The number of carbonyl (C=O) groups is 1. The van der Waals surface area contributed by atoms with Crippen LogP contribution in [0.3, 0.4) is 0 Å². The van der Waals surface area contributed by atoms with Gasteiger partial charge in [-0.2, -0.15) is 0 Å². The molecule has 0 aliphatic rings. The number of hydrogen-bond acceptors (Lipinski definition) is 3. The van der Waals surface area contributed by atoms with Gasteiger partial charge >= 0.3 is 0 Å². The molecule has 1 N–H and O–H groups in total. The molecule has 0 aliphatic carbocycles. The second kappa shape index (κ2) is 8.22. The molecule has 2 aromatic rings. The number of para-hydroxylation sites is 1. The topological polar surface area (TPSA) is 47.6 Å². The van der Waals surface area contributed by atoms with Crippen molar-refractivity contribution in [2.24, 2.45) is 0 Å². The zero-order valence-electron chi connectivity index (χ0n) is 13.8. The van der Waals surface area contributed by atoms with Crippen LogP contribution in [0.1, 0.15) is 25.0 Å². The third-order valence-electron chi connectivity index (χ3n) is 3.43. The predicted octanol–water partition coefficient (Wildman–Crippen LogP) is 3.48. The van der Waals surface area contributed by atoms with E-state index in [2.05, 4.69) is 5.32 Å². The molecule has 1 amide bonds. The van der Waals surface area contributed by atoms with Crippen molar-refractivity contribution in [2.75, 3.05) is 6.61 Å². The van der Waals surface area contributed by atoms with Crippen molar-refractivity contribution in [3.05, 3.63) is 59.7 Å². The molecule has 2 rings (SSSR count). The van der Waals surface area contributed by atoms with E-state index in [0.29, 0.717) is 18.9 Å². The Hall–Kier alpha value is -2.49. The molecule has 2 aromatic carbocycles. The fourth-order valence-electron chi connectivity index (χ4n) is 2.15. The minimum absolute atomic E-state index is 0.156. The highest BCUT2D eigenvalue weighted by Gasteiger charge is 2.15. The maximum Gasteiger partial charge on any atom is 0.261 e. The predicted molar refractivity (Wildman–Crippen MR) is 90.7 cm³/mol. The fraction of sp³-hybridized carbons (Fsp3) is 0.316. The molecule has 0 aliphatic heterocycles. The summed E-state index contributed by atoms with van der Waals surface area (Å²) < 4.78 is 11.2. The molecule has 0 saturated heterocycles. The van der Waals surface area contributed by atoms with Crippen LogP contribution in [0.4, 0.5) is 0 Å². The summed E-state index contributed by atoms with van der Waals surface area (Å²) in [6, 6.07) is 15.3. The van der Waals surface area contributed by atoms with Gasteiger partial charge in [0.15, 0.2) is 6.10 Å². The largest absolute Gasteiger partial charge is 0.494 e. The number of nitrogens with one attached hydrogen (secondary N) is 1. The van der Waals surface area contributed by atoms with Crippen LogP contribution in [0.25, 0.3) is 0 Å². The summed E-state index contributed by atoms with van der Waals surface area (Å²) in [7, 11) is 0. The van der Waals surface area contributed by atoms with Gasteiger partial charge in [-0.3, -0.25) is 4.79 Å². The molecular weight excluding hydrogens is 290 g/mol. The van der Waals surface area contributed by atoms with Gasteiger partial charge in [0.2, 0.25) is 0 Å². The molecule has 1 unspecified atom stereocenters. The Morgan fingerprint density at radius 1 is 1.13 bits per heavy atom. The first kappa shape index (κ1) is 16.9. The quantitative estimate of drug-likeness (QED) is 0.851. The first-order chi connectivity index (χ1) is 11.1. The second-order valence-electron chi connectivity index (χ2n) is 5.33. The van der Waals surface area contributed by atoms with Gasteiger partial charge < -0.3 is 14.8 Å². The minimum Gasteiger partial charge on any atom is -0.494 e. The molecule has 0 spiro atoms. The van der Waals surface area contributed by atoms with E-state index >= 15 is 0 Å². The average Bonchev–Trinajstić information content (AvgIpc) is 2.56. The first-order valence-corrected chi connectivity index (χ1v) is 7.82. The lowest BCUT2D eigenvalue weighted by molar-refractivity contribution is -0.127. The van der Waals surface area contributed by atoms with Crippen LogP contribution in [0.2, 0.25) is 0 Å². The van der Waals surface area contributed by atoms with Crippen molar-refractivity contribution >= 4 is 5.91 Å². The van der Waals surface area contributed by atoms with E-state index in [4.69, 9.17) is 9.47 Å². The first-order valence-electron chi connectivity index (χ1n) is 7.82. The number of hydrogen-bond donors (Lipinski definition) is 1. The summed E-state index contributed by atoms with van der Waals surface area (Å²) in [6.45, 7) is 6.70. The Morgan fingerprint density at radius 3 is 2.52 bits per heavy atom. The number of aryl methyl sites for hydroxylation is 1. The Labute approximate surface area is 137 Å². The molecular formula is C19H23NO3. The number of rotatable bonds is 7. The SMILES string of the molecule is CCOc1ccccc1CNC(=O)C(C)Oc1ccc(C)cc1. The van der Waals surface area contributed by atoms with E-state index in [1.807, 2.05) is 62.4 Å². The van der Waals surface area contributed by atoms with Crippen LogP contribution in [-0.2, 0) is 11.3 Å². The van der Waals surface area contributed by atoms with E-state index in [1.54, 1.807) is 6.92 Å². The summed E-state index contributed by atoms with van der Waals surface area (Å²) >= 11 is 0. The number of benzene rings is 2. The molecule has 0 fully saturated rings. The highest BCUT2D eigenvalue weighted by atomic mass is 16.5. The molecule has 0 bridgehead atoms. The van der Waals surface area contributed by atoms with Crippen molar-refractivity contribution < 1.29 is 14.3 Å². The molecule has 0 radical (unpaired) electrons. The Morgan fingerprint density at radius 2 is 1.83 bits per heavy atom. The summed E-state index contributed by atoms with van der Waals surface area (Å²) in [5.74, 6) is 1.33. The van der Waals surface area contributed by atoms with Crippen LogP contribution in [0.15, 0.2) is 48.5 Å². The average molecular weight is 313 g/mol. The van der Waals surface area contributed by atoms with Crippen LogP contribution in [0.5, 0.6) is 11.5 Å². The van der Waals surface area contributed by atoms with E-state index < -0.39 is 6.10 Å². The maximum atomic E-state index is 12.2. The lowest BCUT2D eigenvalue weighted by atomic mass is 10.2. The zero-order valence-corrected chi connectivity index (χ0v) is 13.8. The Bertz CT molecular complexity index is 637. The van der Waals surface area contributed by atoms with Gasteiger partial charge in [-0.1, -0.05) is 35.9 Å². The third kappa shape index (κ3) is 5.02. The van der Waals surface area contributed by atoms with Crippen molar-refractivity contribution in [2.45, 2.75) is 33.4 Å². The summed E-state index contributed by atoms with van der Waals surface area (Å²) in [6.07, 6.45) is -0.558. The highest BCUT2D eigenvalue weighted by molar-refractivity contribution is 5.80. The smallest absolute Gasteiger partial charge is 0.261 e. The molecule has 122 valence electrons.